The molecule has 3 atom stereocenters. The second-order valence-corrected chi connectivity index (χ2v) is 6.60. The third-order valence-electron chi connectivity index (χ3n) is 4.99. The molecule has 2 aliphatic carbocycles. The molecule has 1 fully saturated rings. The second kappa shape index (κ2) is 4.81. The van der Waals surface area contributed by atoms with Crippen molar-refractivity contribution in [1.29, 1.82) is 0 Å². The summed E-state index contributed by atoms with van der Waals surface area (Å²) < 4.78 is 10.4. The molecule has 22 heavy (non-hydrogen) atoms. The molecule has 1 heterocycles. The third-order valence-corrected chi connectivity index (χ3v) is 4.99. The van der Waals surface area contributed by atoms with E-state index in [-0.39, 0.29) is 23.9 Å². The minimum atomic E-state index is -1.50. The van der Waals surface area contributed by atoms with E-state index in [2.05, 4.69) is 0 Å². The highest BCUT2D eigenvalue weighted by atomic mass is 16.7. The Balaban J connectivity index is 1.94. The van der Waals surface area contributed by atoms with Crippen LogP contribution >= 0.6 is 0 Å². The van der Waals surface area contributed by atoms with Crippen molar-refractivity contribution in [2.75, 3.05) is 6.61 Å². The molecule has 0 aromatic rings. The molecule has 0 aromatic heterocycles. The largest absolute Gasteiger partial charge is 0.461 e. The lowest BCUT2D eigenvalue weighted by molar-refractivity contribution is -0.198. The van der Waals surface area contributed by atoms with Gasteiger partial charge in [-0.15, -0.1) is 0 Å². The van der Waals surface area contributed by atoms with Crippen molar-refractivity contribution in [3.63, 3.8) is 0 Å². The van der Waals surface area contributed by atoms with E-state index in [1.807, 2.05) is 25.2 Å². The quantitative estimate of drug-likeness (QED) is 0.790. The smallest absolute Gasteiger partial charge is 0.336 e. The maximum absolute atomic E-state index is 11.8. The molecule has 3 rings (SSSR count). The first-order valence-corrected chi connectivity index (χ1v) is 7.43. The van der Waals surface area contributed by atoms with Gasteiger partial charge in [-0.3, -0.25) is 4.79 Å². The van der Waals surface area contributed by atoms with Gasteiger partial charge in [0, 0.05) is 24.5 Å². The molecule has 0 amide bonds. The summed E-state index contributed by atoms with van der Waals surface area (Å²) in [5.41, 5.74) is 1.81. The first-order valence-electron chi connectivity index (χ1n) is 7.43. The number of hydrogen-bond acceptors (Lipinski definition) is 5. The Hall–Kier alpha value is -1.88. The molecule has 5 heteroatoms. The van der Waals surface area contributed by atoms with Gasteiger partial charge in [0.25, 0.3) is 0 Å². The number of fused-ring (bicyclic) bond motifs is 2. The number of rotatable bonds is 2. The lowest BCUT2D eigenvalue weighted by Gasteiger charge is -2.47. The van der Waals surface area contributed by atoms with E-state index >= 15 is 0 Å². The summed E-state index contributed by atoms with van der Waals surface area (Å²) in [6.07, 6.45) is 6.74. The minimum Gasteiger partial charge on any atom is -0.461 e. The number of hydrogen-bond donors (Lipinski definition) is 1. The monoisotopic (exact) mass is 304 g/mol. The number of aliphatic hydroxyl groups is 1. The topological polar surface area (TPSA) is 72.8 Å². The molecule has 0 saturated heterocycles. The number of allylic oxidation sites excluding steroid dienone is 3. The van der Waals surface area contributed by atoms with Crippen LogP contribution in [-0.4, -0.2) is 29.4 Å². The Labute approximate surface area is 129 Å². The van der Waals surface area contributed by atoms with Gasteiger partial charge < -0.3 is 14.6 Å². The van der Waals surface area contributed by atoms with Crippen molar-refractivity contribution in [3.05, 3.63) is 34.9 Å². The molecule has 0 aromatic carbocycles. The normalized spacial score (nSPS) is 36.5. The average Bonchev–Trinajstić information content (AvgIpc) is 2.62. The third kappa shape index (κ3) is 2.20. The fourth-order valence-electron chi connectivity index (χ4n) is 3.81. The van der Waals surface area contributed by atoms with E-state index in [4.69, 9.17) is 9.47 Å². The van der Waals surface area contributed by atoms with E-state index in [1.54, 1.807) is 6.92 Å². The van der Waals surface area contributed by atoms with E-state index in [0.717, 1.165) is 5.57 Å². The van der Waals surface area contributed by atoms with Gasteiger partial charge in [0.05, 0.1) is 0 Å². The van der Waals surface area contributed by atoms with E-state index in [0.29, 0.717) is 24.0 Å². The fourth-order valence-corrected chi connectivity index (χ4v) is 3.81. The zero-order chi connectivity index (χ0) is 16.1. The second-order valence-electron chi connectivity index (χ2n) is 6.60. The summed E-state index contributed by atoms with van der Waals surface area (Å²) in [5.74, 6) is -2.19. The predicted octanol–water partition coefficient (Wildman–Crippen LogP) is 2.02. The van der Waals surface area contributed by atoms with Gasteiger partial charge in [0.1, 0.15) is 6.61 Å². The molecule has 0 radical (unpaired) electrons. The van der Waals surface area contributed by atoms with Crippen LogP contribution in [0.5, 0.6) is 0 Å². The summed E-state index contributed by atoms with van der Waals surface area (Å²) in [6, 6.07) is 0. The zero-order valence-electron chi connectivity index (χ0n) is 13.0. The minimum absolute atomic E-state index is 0.0802. The van der Waals surface area contributed by atoms with Gasteiger partial charge >= 0.3 is 11.9 Å². The van der Waals surface area contributed by atoms with Gasteiger partial charge in [-0.2, -0.15) is 0 Å². The summed E-state index contributed by atoms with van der Waals surface area (Å²) in [7, 11) is 0. The Morgan fingerprint density at radius 3 is 2.95 bits per heavy atom. The van der Waals surface area contributed by atoms with Gasteiger partial charge in [0.15, 0.2) is 0 Å². The fraction of sp³-hybridized carbons (Fsp3) is 0.529. The first kappa shape index (κ1) is 15.0. The molecule has 0 spiro atoms. The predicted molar refractivity (Wildman–Crippen MR) is 78.4 cm³/mol. The number of carbonyl (C=O) groups excluding carboxylic acids is 2. The maximum atomic E-state index is 11.8. The molecular weight excluding hydrogens is 284 g/mol. The van der Waals surface area contributed by atoms with Crippen LogP contribution in [0.1, 0.15) is 33.6 Å². The van der Waals surface area contributed by atoms with Gasteiger partial charge in [0.2, 0.25) is 5.79 Å². The van der Waals surface area contributed by atoms with Crippen molar-refractivity contribution >= 4 is 11.9 Å². The summed E-state index contributed by atoms with van der Waals surface area (Å²) >= 11 is 0. The van der Waals surface area contributed by atoms with Crippen molar-refractivity contribution in [1.82, 2.24) is 0 Å². The van der Waals surface area contributed by atoms with E-state index in [9.17, 15) is 14.7 Å². The Kier molecular flexibility index (Phi) is 3.29. The van der Waals surface area contributed by atoms with Crippen molar-refractivity contribution in [2.24, 2.45) is 11.3 Å². The standard InChI is InChI=1S/C17H20O5/c1-10-13-7-14-12(8-21-11(2)18)5-4-6-16(14,3)9-17(13,20)22-15(10)19/h4-6,14,20H,7-9H2,1-3H3/t14-,16+,17-/m0/s1. The van der Waals surface area contributed by atoms with Crippen molar-refractivity contribution < 1.29 is 24.2 Å². The molecule has 1 N–H and O–H groups in total. The Morgan fingerprint density at radius 2 is 2.27 bits per heavy atom. The Morgan fingerprint density at radius 1 is 1.55 bits per heavy atom. The molecule has 3 aliphatic rings. The molecule has 1 aliphatic heterocycles. The first-order chi connectivity index (χ1) is 10.3. The molecule has 118 valence electrons. The number of ether oxygens (including phenoxy) is 2. The molecule has 0 unspecified atom stereocenters. The number of carbonyl (C=O) groups is 2. The Bertz CT molecular complexity index is 641. The van der Waals surface area contributed by atoms with Crippen molar-refractivity contribution in [2.45, 2.75) is 39.4 Å². The molecule has 0 bridgehead atoms. The lowest BCUT2D eigenvalue weighted by Crippen LogP contribution is -2.47. The van der Waals surface area contributed by atoms with Crippen LogP contribution < -0.4 is 0 Å². The number of esters is 2. The summed E-state index contributed by atoms with van der Waals surface area (Å²) in [4.78, 5) is 22.9. The van der Waals surface area contributed by atoms with Gasteiger partial charge in [-0.05, 0) is 30.3 Å². The van der Waals surface area contributed by atoms with Crippen LogP contribution in [0.25, 0.3) is 0 Å². The highest BCUT2D eigenvalue weighted by molar-refractivity contribution is 5.92. The molecule has 5 nitrogen and oxygen atoms in total. The van der Waals surface area contributed by atoms with Crippen LogP contribution in [0.4, 0.5) is 0 Å². The van der Waals surface area contributed by atoms with E-state index < -0.39 is 11.8 Å². The van der Waals surface area contributed by atoms with Crippen LogP contribution in [0, 0.1) is 11.3 Å². The summed E-state index contributed by atoms with van der Waals surface area (Å²) in [6.45, 7) is 5.34. The molecular formula is C17H20O5. The van der Waals surface area contributed by atoms with Crippen LogP contribution in [0.3, 0.4) is 0 Å². The SMILES string of the molecule is CC(=O)OCC1=CC=C[C@]2(C)C[C@]3(O)OC(=O)C(C)=C3C[C@@H]12. The average molecular weight is 304 g/mol. The van der Waals surface area contributed by atoms with Crippen LogP contribution in [-0.2, 0) is 19.1 Å². The zero-order valence-corrected chi connectivity index (χ0v) is 13.0. The summed E-state index contributed by atoms with van der Waals surface area (Å²) in [5, 5.41) is 10.7. The lowest BCUT2D eigenvalue weighted by atomic mass is 9.59. The van der Waals surface area contributed by atoms with Crippen molar-refractivity contribution in [3.8, 4) is 0 Å². The highest BCUT2D eigenvalue weighted by Crippen LogP contribution is 2.56. The van der Waals surface area contributed by atoms with E-state index in [1.165, 1.54) is 6.92 Å². The molecule has 1 saturated carbocycles. The van der Waals surface area contributed by atoms with Gasteiger partial charge in [-0.25, -0.2) is 4.79 Å². The van der Waals surface area contributed by atoms with Crippen LogP contribution in [0.2, 0.25) is 0 Å². The van der Waals surface area contributed by atoms with Crippen LogP contribution in [0.15, 0.2) is 34.9 Å². The highest BCUT2D eigenvalue weighted by Gasteiger charge is 2.56. The van der Waals surface area contributed by atoms with Gasteiger partial charge in [-0.1, -0.05) is 25.2 Å². The maximum Gasteiger partial charge on any atom is 0.336 e.